The molecule has 0 atom stereocenters. The highest BCUT2D eigenvalue weighted by atomic mass is 35.5. The second kappa shape index (κ2) is 5.68. The third kappa shape index (κ3) is 3.85. The van der Waals surface area contributed by atoms with Crippen LogP contribution in [0.2, 0.25) is 5.02 Å². The van der Waals surface area contributed by atoms with Gasteiger partial charge >= 0.3 is 5.97 Å². The molecule has 0 aromatic carbocycles. The van der Waals surface area contributed by atoms with Gasteiger partial charge < -0.3 is 5.11 Å². The van der Waals surface area contributed by atoms with E-state index in [1.165, 1.54) is 0 Å². The normalized spacial score (nSPS) is 10.6. The Bertz CT molecular complexity index is 344. The molecular weight excluding hydrogens is 216 g/mol. The van der Waals surface area contributed by atoms with Gasteiger partial charge in [-0.25, -0.2) is 0 Å². The van der Waals surface area contributed by atoms with E-state index in [1.807, 2.05) is 6.92 Å². The lowest BCUT2D eigenvalue weighted by Gasteiger charge is -2.18. The first-order valence-corrected chi connectivity index (χ1v) is 5.03. The molecule has 0 unspecified atom stereocenters. The molecular formula is C10H13ClN2O2. The molecule has 0 saturated carbocycles. The average molecular weight is 229 g/mol. The number of hydrogen-bond acceptors (Lipinski definition) is 3. The number of carboxylic acids is 1. The predicted molar refractivity (Wildman–Crippen MR) is 57.8 cm³/mol. The first-order chi connectivity index (χ1) is 7.13. The SMILES string of the molecule is CCN(CC(=O)O)Cc1ccncc1Cl. The first-order valence-electron chi connectivity index (χ1n) is 4.66. The van der Waals surface area contributed by atoms with E-state index in [9.17, 15) is 4.79 Å². The molecule has 1 rings (SSSR count). The van der Waals surface area contributed by atoms with Crippen molar-refractivity contribution in [2.75, 3.05) is 13.1 Å². The molecule has 0 spiro atoms. The standard InChI is InChI=1S/C10H13ClN2O2/c1-2-13(7-10(14)15)6-8-3-4-12-5-9(8)11/h3-5H,2,6-7H2,1H3,(H,14,15). The fourth-order valence-electron chi connectivity index (χ4n) is 1.24. The molecule has 0 fully saturated rings. The van der Waals surface area contributed by atoms with Crippen LogP contribution in [0.15, 0.2) is 18.5 Å². The Labute approximate surface area is 93.5 Å². The minimum atomic E-state index is -0.831. The van der Waals surface area contributed by atoms with Crippen molar-refractivity contribution in [3.05, 3.63) is 29.0 Å². The number of hydrogen-bond donors (Lipinski definition) is 1. The van der Waals surface area contributed by atoms with E-state index < -0.39 is 5.97 Å². The third-order valence-electron chi connectivity index (χ3n) is 2.06. The fraction of sp³-hybridized carbons (Fsp3) is 0.400. The van der Waals surface area contributed by atoms with Gasteiger partial charge in [0.25, 0.3) is 0 Å². The Balaban J connectivity index is 2.66. The molecule has 0 amide bonds. The van der Waals surface area contributed by atoms with Crippen LogP contribution in [-0.4, -0.2) is 34.0 Å². The summed E-state index contributed by atoms with van der Waals surface area (Å²) in [6.45, 7) is 3.14. The number of carbonyl (C=O) groups is 1. The molecule has 0 bridgehead atoms. The maximum absolute atomic E-state index is 10.6. The molecule has 1 N–H and O–H groups in total. The van der Waals surface area contributed by atoms with Crippen LogP contribution in [-0.2, 0) is 11.3 Å². The summed E-state index contributed by atoms with van der Waals surface area (Å²) in [7, 11) is 0. The summed E-state index contributed by atoms with van der Waals surface area (Å²) in [5, 5.41) is 9.25. The number of aromatic nitrogens is 1. The average Bonchev–Trinajstić information content (AvgIpc) is 2.19. The van der Waals surface area contributed by atoms with E-state index in [0.717, 1.165) is 5.56 Å². The van der Waals surface area contributed by atoms with E-state index in [-0.39, 0.29) is 6.54 Å². The van der Waals surface area contributed by atoms with E-state index >= 15 is 0 Å². The molecule has 0 radical (unpaired) electrons. The Morgan fingerprint density at radius 1 is 1.67 bits per heavy atom. The van der Waals surface area contributed by atoms with Crippen LogP contribution in [0, 0.1) is 0 Å². The van der Waals surface area contributed by atoms with E-state index in [1.54, 1.807) is 23.4 Å². The molecule has 5 heteroatoms. The van der Waals surface area contributed by atoms with Crippen LogP contribution in [0.3, 0.4) is 0 Å². The van der Waals surface area contributed by atoms with E-state index in [4.69, 9.17) is 16.7 Å². The zero-order valence-corrected chi connectivity index (χ0v) is 9.24. The van der Waals surface area contributed by atoms with Crippen molar-refractivity contribution >= 4 is 17.6 Å². The Hall–Kier alpha value is -1.13. The molecule has 15 heavy (non-hydrogen) atoms. The number of aliphatic carboxylic acids is 1. The second-order valence-corrected chi connectivity index (χ2v) is 3.57. The molecule has 4 nitrogen and oxygen atoms in total. The minimum absolute atomic E-state index is 0.0230. The van der Waals surface area contributed by atoms with Crippen molar-refractivity contribution in [2.45, 2.75) is 13.5 Å². The van der Waals surface area contributed by atoms with Crippen molar-refractivity contribution in [3.63, 3.8) is 0 Å². The van der Waals surface area contributed by atoms with Crippen LogP contribution < -0.4 is 0 Å². The molecule has 1 aromatic rings. The van der Waals surface area contributed by atoms with E-state index in [2.05, 4.69) is 4.98 Å². The number of halogens is 1. The lowest BCUT2D eigenvalue weighted by molar-refractivity contribution is -0.138. The molecule has 1 aromatic heterocycles. The zero-order valence-electron chi connectivity index (χ0n) is 8.48. The lowest BCUT2D eigenvalue weighted by Crippen LogP contribution is -2.29. The maximum Gasteiger partial charge on any atom is 0.317 e. The van der Waals surface area contributed by atoms with Gasteiger partial charge in [-0.3, -0.25) is 14.7 Å². The van der Waals surface area contributed by atoms with Gasteiger partial charge in [-0.1, -0.05) is 18.5 Å². The highest BCUT2D eigenvalue weighted by molar-refractivity contribution is 6.31. The van der Waals surface area contributed by atoms with Gasteiger partial charge in [-0.2, -0.15) is 0 Å². The van der Waals surface area contributed by atoms with Crippen molar-refractivity contribution in [1.29, 1.82) is 0 Å². The monoisotopic (exact) mass is 228 g/mol. The van der Waals surface area contributed by atoms with Crippen LogP contribution in [0.5, 0.6) is 0 Å². The van der Waals surface area contributed by atoms with Crippen LogP contribution in [0.25, 0.3) is 0 Å². The maximum atomic E-state index is 10.6. The Kier molecular flexibility index (Phi) is 4.52. The smallest absolute Gasteiger partial charge is 0.317 e. The van der Waals surface area contributed by atoms with Crippen molar-refractivity contribution in [2.24, 2.45) is 0 Å². The van der Waals surface area contributed by atoms with Crippen molar-refractivity contribution in [3.8, 4) is 0 Å². The number of likely N-dealkylation sites (N-methyl/N-ethyl adjacent to an activating group) is 1. The molecule has 0 aliphatic carbocycles. The van der Waals surface area contributed by atoms with Crippen molar-refractivity contribution < 1.29 is 9.90 Å². The summed E-state index contributed by atoms with van der Waals surface area (Å²) in [5.74, 6) is -0.831. The Morgan fingerprint density at radius 3 is 2.93 bits per heavy atom. The largest absolute Gasteiger partial charge is 0.480 e. The van der Waals surface area contributed by atoms with Gasteiger partial charge in [0.1, 0.15) is 0 Å². The zero-order chi connectivity index (χ0) is 11.3. The molecule has 0 aliphatic rings. The van der Waals surface area contributed by atoms with Gasteiger partial charge in [0.2, 0.25) is 0 Å². The molecule has 0 aliphatic heterocycles. The molecule has 0 saturated heterocycles. The summed E-state index contributed by atoms with van der Waals surface area (Å²) in [4.78, 5) is 16.2. The number of rotatable bonds is 5. The van der Waals surface area contributed by atoms with E-state index in [0.29, 0.717) is 18.1 Å². The summed E-state index contributed by atoms with van der Waals surface area (Å²) in [5.41, 5.74) is 0.898. The summed E-state index contributed by atoms with van der Waals surface area (Å²) in [6.07, 6.45) is 3.21. The molecule has 82 valence electrons. The van der Waals surface area contributed by atoms with Gasteiger partial charge in [0.15, 0.2) is 0 Å². The van der Waals surface area contributed by atoms with Gasteiger partial charge in [0, 0.05) is 18.9 Å². The van der Waals surface area contributed by atoms with Gasteiger partial charge in [0.05, 0.1) is 11.6 Å². The summed E-state index contributed by atoms with van der Waals surface area (Å²) >= 11 is 5.93. The molecule has 1 heterocycles. The van der Waals surface area contributed by atoms with Crippen molar-refractivity contribution in [1.82, 2.24) is 9.88 Å². The van der Waals surface area contributed by atoms with Gasteiger partial charge in [-0.15, -0.1) is 0 Å². The highest BCUT2D eigenvalue weighted by Gasteiger charge is 2.09. The number of nitrogens with zero attached hydrogens (tertiary/aromatic N) is 2. The summed E-state index contributed by atoms with van der Waals surface area (Å²) < 4.78 is 0. The lowest BCUT2D eigenvalue weighted by atomic mass is 10.2. The second-order valence-electron chi connectivity index (χ2n) is 3.16. The first kappa shape index (κ1) is 11.9. The van der Waals surface area contributed by atoms with Crippen LogP contribution in [0.1, 0.15) is 12.5 Å². The third-order valence-corrected chi connectivity index (χ3v) is 2.40. The highest BCUT2D eigenvalue weighted by Crippen LogP contribution is 2.15. The fourth-order valence-corrected chi connectivity index (χ4v) is 1.42. The Morgan fingerprint density at radius 2 is 2.40 bits per heavy atom. The minimum Gasteiger partial charge on any atom is -0.480 e. The predicted octanol–water partition coefficient (Wildman–Crippen LogP) is 1.64. The summed E-state index contributed by atoms with van der Waals surface area (Å²) in [6, 6.07) is 1.80. The van der Waals surface area contributed by atoms with Gasteiger partial charge in [-0.05, 0) is 18.2 Å². The number of carboxylic acid groups (broad SMARTS) is 1. The number of pyridine rings is 1. The quantitative estimate of drug-likeness (QED) is 0.833. The van der Waals surface area contributed by atoms with Crippen LogP contribution >= 0.6 is 11.6 Å². The van der Waals surface area contributed by atoms with Crippen LogP contribution in [0.4, 0.5) is 0 Å². The topological polar surface area (TPSA) is 53.4 Å².